The topological polar surface area (TPSA) is 58.2 Å². The van der Waals surface area contributed by atoms with Crippen molar-refractivity contribution in [3.8, 4) is 0 Å². The molecule has 1 aromatic carbocycles. The van der Waals surface area contributed by atoms with Gasteiger partial charge in [-0.15, -0.1) is 0 Å². The van der Waals surface area contributed by atoms with E-state index >= 15 is 0 Å². The van der Waals surface area contributed by atoms with Gasteiger partial charge in [0.15, 0.2) is 0 Å². The van der Waals surface area contributed by atoms with Gasteiger partial charge in [-0.3, -0.25) is 10.00 Å². The molecule has 0 spiro atoms. The number of carbonyl (C=O) groups excluding carboxylic acids is 1. The number of carbonyl (C=O) groups is 1. The van der Waals surface area contributed by atoms with E-state index in [-0.39, 0.29) is 5.97 Å². The summed E-state index contributed by atoms with van der Waals surface area (Å²) in [6.45, 7) is 2.20. The van der Waals surface area contributed by atoms with E-state index in [1.165, 1.54) is 37.2 Å². The molecule has 2 aromatic rings. The van der Waals surface area contributed by atoms with Gasteiger partial charge in [0.2, 0.25) is 0 Å². The van der Waals surface area contributed by atoms with Crippen molar-refractivity contribution in [3.63, 3.8) is 0 Å². The normalized spacial score (nSPS) is 18.3. The number of likely N-dealkylation sites (tertiary alicyclic amines) is 1. The van der Waals surface area contributed by atoms with Crippen LogP contribution < -0.4 is 0 Å². The quantitative estimate of drug-likeness (QED) is 0.655. The van der Waals surface area contributed by atoms with E-state index in [9.17, 15) is 4.79 Å². The van der Waals surface area contributed by atoms with Gasteiger partial charge in [-0.25, -0.2) is 4.79 Å². The first kappa shape index (κ1) is 16.5. The van der Waals surface area contributed by atoms with Gasteiger partial charge >= 0.3 is 5.97 Å². The van der Waals surface area contributed by atoms with Crippen molar-refractivity contribution in [3.05, 3.63) is 59.4 Å². The minimum Gasteiger partial charge on any atom is -0.466 e. The Morgan fingerprint density at radius 1 is 1.42 bits per heavy atom. The van der Waals surface area contributed by atoms with Crippen molar-refractivity contribution in [2.45, 2.75) is 25.3 Å². The van der Waals surface area contributed by atoms with Crippen molar-refractivity contribution in [2.75, 3.05) is 20.2 Å². The Labute approximate surface area is 142 Å². The summed E-state index contributed by atoms with van der Waals surface area (Å²) in [6, 6.07) is 8.92. The first-order valence-electron chi connectivity index (χ1n) is 8.34. The maximum absolute atomic E-state index is 11.2. The van der Waals surface area contributed by atoms with Gasteiger partial charge < -0.3 is 4.74 Å². The van der Waals surface area contributed by atoms with E-state index in [1.54, 1.807) is 6.08 Å². The van der Waals surface area contributed by atoms with Gasteiger partial charge in [-0.05, 0) is 48.6 Å². The van der Waals surface area contributed by atoms with E-state index in [1.807, 2.05) is 12.4 Å². The van der Waals surface area contributed by atoms with Gasteiger partial charge in [0.25, 0.3) is 0 Å². The Morgan fingerprint density at radius 2 is 2.25 bits per heavy atom. The zero-order valence-electron chi connectivity index (χ0n) is 13.9. The zero-order valence-corrected chi connectivity index (χ0v) is 13.9. The maximum Gasteiger partial charge on any atom is 0.330 e. The second-order valence-corrected chi connectivity index (χ2v) is 6.07. The monoisotopic (exact) mass is 325 g/mol. The van der Waals surface area contributed by atoms with Crippen molar-refractivity contribution < 1.29 is 9.53 Å². The number of aromatic amines is 1. The lowest BCUT2D eigenvalue weighted by molar-refractivity contribution is -0.134. The fourth-order valence-electron chi connectivity index (χ4n) is 3.22. The van der Waals surface area contributed by atoms with Crippen LogP contribution in [0.25, 0.3) is 6.08 Å². The smallest absolute Gasteiger partial charge is 0.330 e. The van der Waals surface area contributed by atoms with Crippen LogP contribution in [0.3, 0.4) is 0 Å². The van der Waals surface area contributed by atoms with Crippen molar-refractivity contribution in [1.29, 1.82) is 0 Å². The van der Waals surface area contributed by atoms with Crippen molar-refractivity contribution in [2.24, 2.45) is 0 Å². The number of methoxy groups -OCH3 is 1. The fourth-order valence-corrected chi connectivity index (χ4v) is 3.22. The molecular formula is C19H23N3O2. The van der Waals surface area contributed by atoms with Crippen LogP contribution in [0.5, 0.6) is 0 Å². The molecule has 1 N–H and O–H groups in total. The molecule has 126 valence electrons. The third-order valence-electron chi connectivity index (χ3n) is 4.54. The lowest BCUT2D eigenvalue weighted by Crippen LogP contribution is -2.25. The Bertz CT molecular complexity index is 677. The molecule has 1 aromatic heterocycles. The summed E-state index contributed by atoms with van der Waals surface area (Å²) in [4.78, 5) is 13.7. The third-order valence-corrected chi connectivity index (χ3v) is 4.54. The summed E-state index contributed by atoms with van der Waals surface area (Å²) in [6.07, 6.45) is 10.5. The number of hydrogen-bond acceptors (Lipinski definition) is 4. The maximum atomic E-state index is 11.2. The van der Waals surface area contributed by atoms with Crippen molar-refractivity contribution >= 4 is 12.0 Å². The highest BCUT2D eigenvalue weighted by Gasteiger charge is 2.25. The second kappa shape index (κ2) is 7.93. The highest BCUT2D eigenvalue weighted by atomic mass is 16.5. The Hall–Kier alpha value is -2.40. The summed E-state index contributed by atoms with van der Waals surface area (Å²) < 4.78 is 4.61. The Balaban J connectivity index is 1.62. The van der Waals surface area contributed by atoms with Gasteiger partial charge in [-0.2, -0.15) is 5.10 Å². The van der Waals surface area contributed by atoms with E-state index in [0.29, 0.717) is 6.04 Å². The minimum absolute atomic E-state index is 0.333. The van der Waals surface area contributed by atoms with Crippen LogP contribution in [0.4, 0.5) is 0 Å². The molecule has 1 atom stereocenters. The average Bonchev–Trinajstić information content (AvgIpc) is 3.29. The number of esters is 1. The van der Waals surface area contributed by atoms with E-state index in [4.69, 9.17) is 0 Å². The molecule has 0 aliphatic carbocycles. The van der Waals surface area contributed by atoms with Crippen LogP contribution in [-0.2, 0) is 16.0 Å². The summed E-state index contributed by atoms with van der Waals surface area (Å²) in [7, 11) is 1.38. The fraction of sp³-hybridized carbons (Fsp3) is 0.368. The van der Waals surface area contributed by atoms with Crippen molar-refractivity contribution in [1.82, 2.24) is 15.1 Å². The minimum atomic E-state index is -0.333. The first-order valence-corrected chi connectivity index (χ1v) is 8.34. The van der Waals surface area contributed by atoms with Crippen LogP contribution in [0.2, 0.25) is 0 Å². The van der Waals surface area contributed by atoms with Gasteiger partial charge in [0.05, 0.1) is 13.3 Å². The lowest BCUT2D eigenvalue weighted by atomic mass is 10.0. The van der Waals surface area contributed by atoms with Crippen LogP contribution in [0.15, 0.2) is 42.7 Å². The van der Waals surface area contributed by atoms with Crippen LogP contribution in [0, 0.1) is 0 Å². The molecule has 0 radical (unpaired) electrons. The molecule has 1 fully saturated rings. The number of aromatic nitrogens is 2. The number of rotatable bonds is 6. The van der Waals surface area contributed by atoms with Crippen LogP contribution in [0.1, 0.15) is 35.6 Å². The molecule has 24 heavy (non-hydrogen) atoms. The number of hydrogen-bond donors (Lipinski definition) is 1. The number of H-pyrrole nitrogens is 1. The molecule has 1 aliphatic heterocycles. The summed E-state index contributed by atoms with van der Waals surface area (Å²) in [5.74, 6) is -0.333. The van der Waals surface area contributed by atoms with E-state index < -0.39 is 0 Å². The summed E-state index contributed by atoms with van der Waals surface area (Å²) in [5, 5.41) is 6.88. The molecule has 2 heterocycles. The van der Waals surface area contributed by atoms with E-state index in [0.717, 1.165) is 25.1 Å². The molecule has 0 amide bonds. The van der Waals surface area contributed by atoms with Gasteiger partial charge in [0, 0.05) is 24.9 Å². The number of ether oxygens (including phenoxy) is 1. The SMILES string of the molecule is COC(=O)/C=C/c1ccc(C2CCCN2CCc2cn[nH]c2)cc1. The van der Waals surface area contributed by atoms with Crippen LogP contribution >= 0.6 is 0 Å². The highest BCUT2D eigenvalue weighted by Crippen LogP contribution is 2.32. The van der Waals surface area contributed by atoms with Crippen LogP contribution in [-0.4, -0.2) is 41.3 Å². The number of benzene rings is 1. The molecular weight excluding hydrogens is 302 g/mol. The Morgan fingerprint density at radius 3 is 2.96 bits per heavy atom. The average molecular weight is 325 g/mol. The standard InChI is InChI=1S/C19H23N3O2/c1-24-19(23)9-6-15-4-7-17(8-5-15)18-3-2-11-22(18)12-10-16-13-20-21-14-16/h4-9,13-14,18H,2-3,10-12H2,1H3,(H,20,21)/b9-6+. The molecule has 3 rings (SSSR count). The third kappa shape index (κ3) is 4.11. The second-order valence-electron chi connectivity index (χ2n) is 6.07. The predicted molar refractivity (Wildman–Crippen MR) is 93.3 cm³/mol. The first-order chi connectivity index (χ1) is 11.8. The highest BCUT2D eigenvalue weighted by molar-refractivity contribution is 5.86. The molecule has 1 aliphatic rings. The van der Waals surface area contributed by atoms with Gasteiger partial charge in [0.1, 0.15) is 0 Å². The van der Waals surface area contributed by atoms with Gasteiger partial charge in [-0.1, -0.05) is 24.3 Å². The largest absolute Gasteiger partial charge is 0.466 e. The molecule has 1 saturated heterocycles. The molecule has 5 heteroatoms. The summed E-state index contributed by atoms with van der Waals surface area (Å²) in [5.41, 5.74) is 3.60. The molecule has 1 unspecified atom stereocenters. The lowest BCUT2D eigenvalue weighted by Gasteiger charge is -2.24. The summed E-state index contributed by atoms with van der Waals surface area (Å²) >= 11 is 0. The number of nitrogens with zero attached hydrogens (tertiary/aromatic N) is 2. The Kier molecular flexibility index (Phi) is 5.43. The number of nitrogens with one attached hydrogen (secondary N) is 1. The van der Waals surface area contributed by atoms with E-state index in [2.05, 4.69) is 44.1 Å². The zero-order chi connectivity index (χ0) is 16.8. The molecule has 0 saturated carbocycles. The molecule has 0 bridgehead atoms. The molecule has 5 nitrogen and oxygen atoms in total. The predicted octanol–water partition coefficient (Wildman–Crippen LogP) is 2.98.